The van der Waals surface area contributed by atoms with Gasteiger partial charge in [-0.3, -0.25) is 9.59 Å². The maximum Gasteiger partial charge on any atom is 0.243 e. The molecule has 2 aliphatic heterocycles. The van der Waals surface area contributed by atoms with Crippen LogP contribution in [-0.4, -0.2) is 63.4 Å². The number of benzene rings is 2. The molecular weight excluding hydrogens is 444 g/mol. The van der Waals surface area contributed by atoms with Gasteiger partial charge in [-0.2, -0.15) is 4.31 Å². The Balaban J connectivity index is 1.43. The van der Waals surface area contributed by atoms with Gasteiger partial charge in [-0.05, 0) is 61.4 Å². The Kier molecular flexibility index (Phi) is 6.96. The van der Waals surface area contributed by atoms with E-state index in [1.54, 1.807) is 0 Å². The van der Waals surface area contributed by atoms with Crippen molar-refractivity contribution in [3.05, 3.63) is 48.5 Å². The second-order valence-corrected chi connectivity index (χ2v) is 10.0. The Bertz CT molecular complexity index is 1100. The van der Waals surface area contributed by atoms with Gasteiger partial charge in [0.1, 0.15) is 6.04 Å². The number of carbonyl (C=O) groups excluding carboxylic acids is 2. The fourth-order valence-corrected chi connectivity index (χ4v) is 5.80. The van der Waals surface area contributed by atoms with Gasteiger partial charge in [-0.25, -0.2) is 8.42 Å². The van der Waals surface area contributed by atoms with E-state index in [1.807, 2.05) is 24.3 Å². The lowest BCUT2D eigenvalue weighted by Gasteiger charge is -2.29. The van der Waals surface area contributed by atoms with Crippen molar-refractivity contribution in [2.24, 2.45) is 0 Å². The zero-order chi connectivity index (χ0) is 23.4. The highest BCUT2D eigenvalue weighted by Gasteiger charge is 2.39. The van der Waals surface area contributed by atoms with E-state index in [4.69, 9.17) is 4.74 Å². The van der Waals surface area contributed by atoms with Gasteiger partial charge in [0.15, 0.2) is 0 Å². The summed E-state index contributed by atoms with van der Waals surface area (Å²) in [6, 6.07) is 12.7. The van der Waals surface area contributed by atoms with Crippen LogP contribution in [0.3, 0.4) is 0 Å². The van der Waals surface area contributed by atoms with Gasteiger partial charge in [-0.15, -0.1) is 0 Å². The smallest absolute Gasteiger partial charge is 0.243 e. The van der Waals surface area contributed by atoms with Crippen molar-refractivity contribution < 1.29 is 22.7 Å². The summed E-state index contributed by atoms with van der Waals surface area (Å²) in [5.41, 5.74) is 2.20. The second kappa shape index (κ2) is 9.90. The number of sulfonamides is 1. The third-order valence-corrected chi connectivity index (χ3v) is 7.72. The molecule has 1 atom stereocenters. The molecule has 2 aromatic carbocycles. The van der Waals surface area contributed by atoms with E-state index in [9.17, 15) is 18.0 Å². The van der Waals surface area contributed by atoms with Crippen LogP contribution in [0.5, 0.6) is 0 Å². The number of anilines is 3. The van der Waals surface area contributed by atoms with Gasteiger partial charge in [-0.1, -0.05) is 0 Å². The summed E-state index contributed by atoms with van der Waals surface area (Å²) in [7, 11) is -3.85. The maximum absolute atomic E-state index is 13.2. The highest BCUT2D eigenvalue weighted by atomic mass is 32.2. The number of rotatable bonds is 6. The quantitative estimate of drug-likeness (QED) is 0.668. The topological polar surface area (TPSA) is 108 Å². The van der Waals surface area contributed by atoms with Crippen molar-refractivity contribution in [3.8, 4) is 0 Å². The van der Waals surface area contributed by atoms with Gasteiger partial charge in [0, 0.05) is 43.6 Å². The lowest BCUT2D eigenvalue weighted by atomic mass is 10.2. The standard InChI is InChI=1S/C23H28N4O5S/c1-17(28)24-18-6-10-21(11-7-18)33(30,31)27-12-2-3-22(27)23(29)25-19-4-8-20(9-5-19)26-13-15-32-16-14-26/h4-11,22H,2-3,12-16H2,1H3,(H,24,28)(H,25,29). The summed E-state index contributed by atoms with van der Waals surface area (Å²) in [5.74, 6) is -0.579. The van der Waals surface area contributed by atoms with Crippen molar-refractivity contribution in [3.63, 3.8) is 0 Å². The van der Waals surface area contributed by atoms with E-state index in [0.29, 0.717) is 37.4 Å². The molecule has 2 aliphatic rings. The molecule has 2 fully saturated rings. The number of morpholine rings is 1. The average molecular weight is 473 g/mol. The van der Waals surface area contributed by atoms with Gasteiger partial charge in [0.05, 0.1) is 18.1 Å². The third kappa shape index (κ3) is 5.35. The molecule has 2 amide bonds. The summed E-state index contributed by atoms with van der Waals surface area (Å²) in [6.45, 7) is 4.71. The van der Waals surface area contributed by atoms with E-state index in [1.165, 1.54) is 35.5 Å². The molecule has 2 aromatic rings. The summed E-state index contributed by atoms with van der Waals surface area (Å²) < 4.78 is 33.0. The highest BCUT2D eigenvalue weighted by Crippen LogP contribution is 2.28. The number of nitrogens with zero attached hydrogens (tertiary/aromatic N) is 2. The minimum absolute atomic E-state index is 0.0890. The molecule has 0 radical (unpaired) electrons. The highest BCUT2D eigenvalue weighted by molar-refractivity contribution is 7.89. The molecule has 0 aromatic heterocycles. The molecule has 176 valence electrons. The first-order valence-corrected chi connectivity index (χ1v) is 12.4. The molecule has 1 unspecified atom stereocenters. The van der Waals surface area contributed by atoms with E-state index >= 15 is 0 Å². The SMILES string of the molecule is CC(=O)Nc1ccc(S(=O)(=O)N2CCCC2C(=O)Nc2ccc(N3CCOCC3)cc2)cc1. The molecule has 0 bridgehead atoms. The lowest BCUT2D eigenvalue weighted by molar-refractivity contribution is -0.119. The van der Waals surface area contributed by atoms with Crippen LogP contribution >= 0.6 is 0 Å². The van der Waals surface area contributed by atoms with E-state index in [2.05, 4.69) is 15.5 Å². The molecular formula is C23H28N4O5S. The van der Waals surface area contributed by atoms with Gasteiger partial charge in [0.25, 0.3) is 0 Å². The van der Waals surface area contributed by atoms with Gasteiger partial charge >= 0.3 is 0 Å². The van der Waals surface area contributed by atoms with Crippen molar-refractivity contribution in [1.82, 2.24) is 4.31 Å². The first-order chi connectivity index (χ1) is 15.8. The van der Waals surface area contributed by atoms with Crippen LogP contribution in [0.15, 0.2) is 53.4 Å². The monoisotopic (exact) mass is 472 g/mol. The molecule has 9 nitrogen and oxygen atoms in total. The van der Waals surface area contributed by atoms with Crippen LogP contribution in [0.1, 0.15) is 19.8 Å². The fourth-order valence-electron chi connectivity index (χ4n) is 4.14. The number of ether oxygens (including phenoxy) is 1. The third-order valence-electron chi connectivity index (χ3n) is 5.80. The zero-order valence-corrected chi connectivity index (χ0v) is 19.3. The fraction of sp³-hybridized carbons (Fsp3) is 0.391. The van der Waals surface area contributed by atoms with Crippen LogP contribution in [0.4, 0.5) is 17.1 Å². The predicted octanol–water partition coefficient (Wildman–Crippen LogP) is 2.27. The summed E-state index contributed by atoms with van der Waals surface area (Å²) in [4.78, 5) is 26.5. The van der Waals surface area contributed by atoms with Crippen molar-refractivity contribution >= 4 is 38.9 Å². The van der Waals surface area contributed by atoms with Crippen LogP contribution in [-0.2, 0) is 24.3 Å². The van der Waals surface area contributed by atoms with Gasteiger partial charge in [0.2, 0.25) is 21.8 Å². The van der Waals surface area contributed by atoms with Crippen molar-refractivity contribution in [2.45, 2.75) is 30.7 Å². The molecule has 2 heterocycles. The van der Waals surface area contributed by atoms with Crippen LogP contribution < -0.4 is 15.5 Å². The largest absolute Gasteiger partial charge is 0.378 e. The number of hydrogen-bond acceptors (Lipinski definition) is 6. The zero-order valence-electron chi connectivity index (χ0n) is 18.5. The minimum Gasteiger partial charge on any atom is -0.378 e. The lowest BCUT2D eigenvalue weighted by Crippen LogP contribution is -2.43. The Morgan fingerprint density at radius 3 is 2.15 bits per heavy atom. The molecule has 10 heteroatoms. The Morgan fingerprint density at radius 2 is 1.52 bits per heavy atom. The first kappa shape index (κ1) is 23.2. The molecule has 0 saturated carbocycles. The number of hydrogen-bond donors (Lipinski definition) is 2. The predicted molar refractivity (Wildman–Crippen MR) is 126 cm³/mol. The van der Waals surface area contributed by atoms with E-state index < -0.39 is 16.1 Å². The van der Waals surface area contributed by atoms with Crippen LogP contribution in [0.2, 0.25) is 0 Å². The molecule has 2 saturated heterocycles. The average Bonchev–Trinajstić information content (AvgIpc) is 3.31. The Hall–Kier alpha value is -2.95. The number of nitrogens with one attached hydrogen (secondary N) is 2. The van der Waals surface area contributed by atoms with Gasteiger partial charge < -0.3 is 20.3 Å². The summed E-state index contributed by atoms with van der Waals surface area (Å²) in [5, 5.41) is 5.47. The second-order valence-electron chi connectivity index (χ2n) is 8.11. The Labute approximate surface area is 193 Å². The number of carbonyl (C=O) groups is 2. The normalized spacial score (nSPS) is 19.3. The van der Waals surface area contributed by atoms with E-state index in [0.717, 1.165) is 18.8 Å². The van der Waals surface area contributed by atoms with Crippen molar-refractivity contribution in [2.75, 3.05) is 48.4 Å². The Morgan fingerprint density at radius 1 is 0.909 bits per heavy atom. The van der Waals surface area contributed by atoms with Crippen molar-refractivity contribution in [1.29, 1.82) is 0 Å². The molecule has 4 rings (SSSR count). The summed E-state index contributed by atoms with van der Waals surface area (Å²) in [6.07, 6.45) is 1.07. The van der Waals surface area contributed by atoms with Crippen LogP contribution in [0.25, 0.3) is 0 Å². The first-order valence-electron chi connectivity index (χ1n) is 11.0. The van der Waals surface area contributed by atoms with Crippen LogP contribution in [0, 0.1) is 0 Å². The summed E-state index contributed by atoms with van der Waals surface area (Å²) >= 11 is 0. The molecule has 2 N–H and O–H groups in total. The number of amides is 2. The minimum atomic E-state index is -3.85. The molecule has 33 heavy (non-hydrogen) atoms. The maximum atomic E-state index is 13.2. The molecule has 0 spiro atoms. The van der Waals surface area contributed by atoms with E-state index in [-0.39, 0.29) is 23.3 Å². The molecule has 0 aliphatic carbocycles.